The second kappa shape index (κ2) is 6.26. The van der Waals surface area contributed by atoms with E-state index in [0.717, 1.165) is 34.4 Å². The lowest BCUT2D eigenvalue weighted by Gasteiger charge is -2.49. The highest BCUT2D eigenvalue weighted by molar-refractivity contribution is 5.64. The van der Waals surface area contributed by atoms with Crippen molar-refractivity contribution in [3.8, 4) is 23.0 Å². The Hall–Kier alpha value is -2.48. The van der Waals surface area contributed by atoms with E-state index >= 15 is 0 Å². The van der Waals surface area contributed by atoms with Crippen molar-refractivity contribution in [1.82, 2.24) is 5.32 Å². The molecule has 0 saturated carbocycles. The number of hydrogen-bond acceptors (Lipinski definition) is 7. The molecule has 2 N–H and O–H groups in total. The van der Waals surface area contributed by atoms with Crippen LogP contribution in [-0.4, -0.2) is 39.8 Å². The zero-order valence-electron chi connectivity index (χ0n) is 17.0. The number of benzene rings is 2. The van der Waals surface area contributed by atoms with Gasteiger partial charge in [-0.1, -0.05) is 6.07 Å². The minimum atomic E-state index is -0.926. The number of aliphatic hydroxyl groups is 1. The Morgan fingerprint density at radius 3 is 2.55 bits per heavy atom. The summed E-state index contributed by atoms with van der Waals surface area (Å²) in [5.74, 6) is 2.59. The van der Waals surface area contributed by atoms with Crippen LogP contribution in [-0.2, 0) is 22.3 Å². The molecule has 0 radical (unpaired) electrons. The van der Waals surface area contributed by atoms with Crippen molar-refractivity contribution in [3.63, 3.8) is 0 Å². The first-order chi connectivity index (χ1) is 14.0. The van der Waals surface area contributed by atoms with Gasteiger partial charge in [-0.2, -0.15) is 0 Å². The Morgan fingerprint density at radius 1 is 1.10 bits per heavy atom. The average molecular weight is 399 g/mol. The molecule has 5 rings (SSSR count). The molecule has 1 aliphatic carbocycles. The molecule has 0 unspecified atom stereocenters. The highest BCUT2D eigenvalue weighted by Crippen LogP contribution is 2.63. The summed E-state index contributed by atoms with van der Waals surface area (Å²) in [6.45, 7) is 2.88. The summed E-state index contributed by atoms with van der Waals surface area (Å²) in [6, 6.07) is 7.69. The molecule has 3 aliphatic rings. The standard InChI is InChI=1S/C22H25NO6/c1-21(27-4)18-13(5-6-15(25-2)19(18)26-3)20(24)22(21)14-10-17-16(28-11-29-17)9-12(14)7-8-23-22/h5-6,9-10,20,23-24H,7-8,11H2,1-4H3/t20-,21-,22+/m1/s1. The fourth-order valence-electron chi connectivity index (χ4n) is 5.33. The molecular weight excluding hydrogens is 374 g/mol. The number of ether oxygens (including phenoxy) is 5. The molecule has 0 saturated heterocycles. The van der Waals surface area contributed by atoms with Crippen molar-refractivity contribution in [1.29, 1.82) is 0 Å². The van der Waals surface area contributed by atoms with Crippen LogP contribution >= 0.6 is 0 Å². The molecule has 0 fully saturated rings. The molecule has 0 aromatic heterocycles. The van der Waals surface area contributed by atoms with Crippen molar-refractivity contribution in [3.05, 3.63) is 46.5 Å². The molecular formula is C22H25NO6. The number of hydrogen-bond donors (Lipinski definition) is 2. The van der Waals surface area contributed by atoms with Gasteiger partial charge >= 0.3 is 0 Å². The average Bonchev–Trinajstić information content (AvgIpc) is 3.28. The van der Waals surface area contributed by atoms with Crippen molar-refractivity contribution in [2.24, 2.45) is 0 Å². The van der Waals surface area contributed by atoms with Gasteiger partial charge in [-0.25, -0.2) is 0 Å². The molecule has 29 heavy (non-hydrogen) atoms. The molecule has 2 aromatic carbocycles. The number of fused-ring (bicyclic) bond motifs is 4. The quantitative estimate of drug-likeness (QED) is 0.820. The first kappa shape index (κ1) is 18.5. The minimum absolute atomic E-state index is 0.202. The van der Waals surface area contributed by atoms with Crippen molar-refractivity contribution < 1.29 is 28.8 Å². The summed E-state index contributed by atoms with van der Waals surface area (Å²) in [5, 5.41) is 15.3. The maximum atomic E-state index is 11.7. The normalized spacial score (nSPS) is 28.9. The highest BCUT2D eigenvalue weighted by Gasteiger charge is 2.65. The van der Waals surface area contributed by atoms with Gasteiger partial charge in [0, 0.05) is 19.2 Å². The lowest BCUT2D eigenvalue weighted by atomic mass is 9.70. The van der Waals surface area contributed by atoms with E-state index in [-0.39, 0.29) is 6.79 Å². The number of methoxy groups -OCH3 is 3. The van der Waals surface area contributed by atoms with Gasteiger partial charge in [0.05, 0.1) is 14.2 Å². The molecule has 0 amide bonds. The third-order valence-electron chi connectivity index (χ3n) is 6.74. The van der Waals surface area contributed by atoms with Gasteiger partial charge in [-0.15, -0.1) is 0 Å². The summed E-state index contributed by atoms with van der Waals surface area (Å²) < 4.78 is 28.7. The summed E-state index contributed by atoms with van der Waals surface area (Å²) in [5.41, 5.74) is 1.75. The van der Waals surface area contributed by atoms with Crippen LogP contribution in [0.15, 0.2) is 24.3 Å². The summed E-state index contributed by atoms with van der Waals surface area (Å²) in [7, 11) is 4.86. The van der Waals surface area contributed by atoms with Gasteiger partial charge in [0.15, 0.2) is 23.0 Å². The largest absolute Gasteiger partial charge is 0.493 e. The number of nitrogens with one attached hydrogen (secondary N) is 1. The monoisotopic (exact) mass is 399 g/mol. The van der Waals surface area contributed by atoms with Crippen LogP contribution in [0.1, 0.15) is 35.3 Å². The van der Waals surface area contributed by atoms with E-state index in [0.29, 0.717) is 23.8 Å². The Balaban J connectivity index is 1.81. The predicted octanol–water partition coefficient (Wildman–Crippen LogP) is 2.38. The lowest BCUT2D eigenvalue weighted by molar-refractivity contribution is -0.116. The smallest absolute Gasteiger partial charge is 0.231 e. The van der Waals surface area contributed by atoms with Gasteiger partial charge < -0.3 is 34.1 Å². The van der Waals surface area contributed by atoms with Crippen molar-refractivity contribution in [2.75, 3.05) is 34.7 Å². The van der Waals surface area contributed by atoms with E-state index in [2.05, 4.69) is 5.32 Å². The first-order valence-corrected chi connectivity index (χ1v) is 9.68. The van der Waals surface area contributed by atoms with Crippen LogP contribution in [0, 0.1) is 0 Å². The SMILES string of the molecule is COc1ccc2c(c1OC)[C@@](C)(OC)[C@@]1(NCCc3cc4c(cc31)OCO4)[C@@H]2O. The lowest BCUT2D eigenvalue weighted by Crippen LogP contribution is -2.60. The third-order valence-corrected chi connectivity index (χ3v) is 6.74. The Labute approximate surface area is 169 Å². The Bertz CT molecular complexity index is 992. The van der Waals surface area contributed by atoms with Gasteiger partial charge in [0.2, 0.25) is 6.79 Å². The van der Waals surface area contributed by atoms with Crippen LogP contribution in [0.5, 0.6) is 23.0 Å². The number of aliphatic hydroxyl groups excluding tert-OH is 1. The van der Waals surface area contributed by atoms with E-state index in [9.17, 15) is 5.11 Å². The van der Waals surface area contributed by atoms with Crippen LogP contribution in [0.4, 0.5) is 0 Å². The maximum absolute atomic E-state index is 11.7. The third kappa shape index (κ3) is 2.12. The molecule has 2 aliphatic heterocycles. The first-order valence-electron chi connectivity index (χ1n) is 9.68. The summed E-state index contributed by atoms with van der Waals surface area (Å²) in [4.78, 5) is 0. The molecule has 2 aromatic rings. The fourth-order valence-corrected chi connectivity index (χ4v) is 5.33. The molecule has 2 heterocycles. The molecule has 154 valence electrons. The van der Waals surface area contributed by atoms with Crippen LogP contribution < -0.4 is 24.3 Å². The van der Waals surface area contributed by atoms with Crippen LogP contribution in [0.2, 0.25) is 0 Å². The molecule has 0 bridgehead atoms. The minimum Gasteiger partial charge on any atom is -0.493 e. The van der Waals surface area contributed by atoms with Gasteiger partial charge in [-0.3, -0.25) is 0 Å². The highest BCUT2D eigenvalue weighted by atomic mass is 16.7. The van der Waals surface area contributed by atoms with Crippen LogP contribution in [0.3, 0.4) is 0 Å². The van der Waals surface area contributed by atoms with E-state index in [1.165, 1.54) is 0 Å². The molecule has 7 nitrogen and oxygen atoms in total. The number of rotatable bonds is 3. The molecule has 7 heteroatoms. The molecule has 1 spiro atoms. The van der Waals surface area contributed by atoms with Crippen LogP contribution in [0.25, 0.3) is 0 Å². The second-order valence-corrected chi connectivity index (χ2v) is 7.75. The zero-order chi connectivity index (χ0) is 20.4. The zero-order valence-corrected chi connectivity index (χ0v) is 17.0. The Morgan fingerprint density at radius 2 is 1.86 bits per heavy atom. The van der Waals surface area contributed by atoms with E-state index < -0.39 is 17.2 Å². The summed E-state index contributed by atoms with van der Waals surface area (Å²) >= 11 is 0. The molecule has 3 atom stereocenters. The summed E-state index contributed by atoms with van der Waals surface area (Å²) in [6.07, 6.45) is -0.0431. The van der Waals surface area contributed by atoms with E-state index in [4.69, 9.17) is 23.7 Å². The topological polar surface area (TPSA) is 78.4 Å². The predicted molar refractivity (Wildman–Crippen MR) is 105 cm³/mol. The second-order valence-electron chi connectivity index (χ2n) is 7.75. The van der Waals surface area contributed by atoms with Gasteiger partial charge in [-0.05, 0) is 48.2 Å². The van der Waals surface area contributed by atoms with Gasteiger partial charge in [0.1, 0.15) is 17.2 Å². The van der Waals surface area contributed by atoms with E-state index in [1.54, 1.807) is 21.3 Å². The van der Waals surface area contributed by atoms with Crippen molar-refractivity contribution >= 4 is 0 Å². The van der Waals surface area contributed by atoms with E-state index in [1.807, 2.05) is 31.2 Å². The fraction of sp³-hybridized carbons (Fsp3) is 0.455. The van der Waals surface area contributed by atoms with Gasteiger partial charge in [0.25, 0.3) is 0 Å². The Kier molecular flexibility index (Phi) is 4.00. The van der Waals surface area contributed by atoms with Crippen molar-refractivity contribution in [2.45, 2.75) is 30.6 Å². The maximum Gasteiger partial charge on any atom is 0.231 e.